The summed E-state index contributed by atoms with van der Waals surface area (Å²) in [6.45, 7) is 7.22. The number of nitrogens with zero attached hydrogens (tertiary/aromatic N) is 7. The number of piperidine rings is 1. The van der Waals surface area contributed by atoms with E-state index in [2.05, 4.69) is 49.7 Å². The molecule has 0 amide bonds. The maximum absolute atomic E-state index is 15.4. The van der Waals surface area contributed by atoms with Crippen molar-refractivity contribution in [3.63, 3.8) is 0 Å². The third-order valence-corrected chi connectivity index (χ3v) is 8.64. The van der Waals surface area contributed by atoms with E-state index in [-0.39, 0.29) is 40.7 Å². The molecule has 3 saturated heterocycles. The molecule has 42 heavy (non-hydrogen) atoms. The topological polar surface area (TPSA) is 124 Å². The highest BCUT2D eigenvalue weighted by molar-refractivity contribution is 5.63. The molecule has 0 radical (unpaired) electrons. The number of benzene rings is 1. The van der Waals surface area contributed by atoms with Crippen LogP contribution in [0.15, 0.2) is 23.1 Å². The van der Waals surface area contributed by atoms with E-state index >= 15 is 4.39 Å². The average molecular weight is 586 g/mol. The van der Waals surface area contributed by atoms with E-state index in [9.17, 15) is 9.18 Å². The molecule has 6 rings (SSSR count). The largest absolute Gasteiger partial charge is 0.491 e. The van der Waals surface area contributed by atoms with Crippen LogP contribution in [0.3, 0.4) is 0 Å². The summed E-state index contributed by atoms with van der Waals surface area (Å²) in [5.41, 5.74) is -0.274. The van der Waals surface area contributed by atoms with Gasteiger partial charge in [-0.25, -0.2) is 23.2 Å². The Balaban J connectivity index is 1.24. The molecule has 5 heterocycles. The van der Waals surface area contributed by atoms with E-state index in [0.29, 0.717) is 31.5 Å². The van der Waals surface area contributed by atoms with Crippen molar-refractivity contribution in [2.45, 2.75) is 70.0 Å². The average Bonchev–Trinajstić information content (AvgIpc) is 3.58. The van der Waals surface area contributed by atoms with E-state index in [0.717, 1.165) is 44.8 Å². The number of hydrogen-bond donors (Lipinski definition) is 2. The lowest BCUT2D eigenvalue weighted by Gasteiger charge is -2.47. The molecule has 2 aromatic heterocycles. The summed E-state index contributed by atoms with van der Waals surface area (Å²) >= 11 is 0. The number of ether oxygens (including phenoxy) is 2. The number of rotatable bonds is 8. The van der Waals surface area contributed by atoms with Gasteiger partial charge in [0.05, 0.1) is 18.5 Å². The minimum Gasteiger partial charge on any atom is -0.491 e. The first-order chi connectivity index (χ1) is 20.2. The van der Waals surface area contributed by atoms with Gasteiger partial charge in [0.2, 0.25) is 5.95 Å². The fourth-order valence-corrected chi connectivity index (χ4v) is 6.49. The molecule has 0 unspecified atom stereocenters. The zero-order valence-electron chi connectivity index (χ0n) is 24.1. The molecule has 3 aromatic rings. The smallest absolute Gasteiger partial charge is 0.383 e. The van der Waals surface area contributed by atoms with Gasteiger partial charge in [-0.15, -0.1) is 4.80 Å². The summed E-state index contributed by atoms with van der Waals surface area (Å²) in [6.07, 6.45) is 6.81. The number of tetrazole rings is 1. The van der Waals surface area contributed by atoms with Crippen LogP contribution in [0.25, 0.3) is 5.69 Å². The third-order valence-electron chi connectivity index (χ3n) is 8.64. The summed E-state index contributed by atoms with van der Waals surface area (Å²) < 4.78 is 42.9. The van der Waals surface area contributed by atoms with Crippen molar-refractivity contribution in [3.8, 4) is 11.4 Å². The van der Waals surface area contributed by atoms with Crippen LogP contribution in [-0.2, 0) is 11.8 Å². The van der Waals surface area contributed by atoms with Gasteiger partial charge < -0.3 is 20.1 Å². The summed E-state index contributed by atoms with van der Waals surface area (Å²) in [5.74, 6) is -0.669. The van der Waals surface area contributed by atoms with E-state index in [4.69, 9.17) is 9.47 Å². The van der Waals surface area contributed by atoms with E-state index in [1.807, 2.05) is 0 Å². The Morgan fingerprint density at radius 3 is 2.74 bits per heavy atom. The predicted molar refractivity (Wildman–Crippen MR) is 151 cm³/mol. The van der Waals surface area contributed by atoms with Gasteiger partial charge in [0, 0.05) is 44.0 Å². The second-order valence-corrected chi connectivity index (χ2v) is 12.0. The Morgan fingerprint density at radius 1 is 1.17 bits per heavy atom. The number of aromatic nitrogens is 6. The third kappa shape index (κ3) is 5.82. The molecule has 0 bridgehead atoms. The zero-order chi connectivity index (χ0) is 29.4. The van der Waals surface area contributed by atoms with Crippen LogP contribution >= 0.6 is 0 Å². The van der Waals surface area contributed by atoms with Crippen molar-refractivity contribution in [1.29, 1.82) is 0 Å². The monoisotopic (exact) mass is 585 g/mol. The van der Waals surface area contributed by atoms with Crippen molar-refractivity contribution in [3.05, 3.63) is 40.4 Å². The number of fused-ring (bicyclic) bond motifs is 1. The fourth-order valence-electron chi connectivity index (χ4n) is 6.49. The highest BCUT2D eigenvalue weighted by Gasteiger charge is 2.43. The molecule has 3 aliphatic heterocycles. The number of hydrogen-bond acceptors (Lipinski definition) is 10. The van der Waals surface area contributed by atoms with Gasteiger partial charge in [0.15, 0.2) is 17.5 Å². The number of anilines is 3. The summed E-state index contributed by atoms with van der Waals surface area (Å²) in [5, 5.41) is 13.7. The molecular weight excluding hydrogens is 548 g/mol. The SMILES string of the molecule is Cn1c(=O)nnn1-c1cc(Nc2ncc(F)c(N[C@@H]3C[C@@H]4CCCN4C(C)(C)C3)n2)c(F)cc1OCC1CCOCC1. The van der Waals surface area contributed by atoms with Crippen LogP contribution in [0.1, 0.15) is 52.4 Å². The second kappa shape index (κ2) is 11.6. The maximum Gasteiger partial charge on any atom is 0.383 e. The standard InChI is InChI=1S/C28H37F2N9O3/c1-28(2)14-18(11-19-5-4-8-38(19)28)32-25-21(30)15-31-26(34-25)33-22-13-23(39-36-35-27(40)37(39)3)24(12-20(22)29)42-16-17-6-9-41-10-7-17/h12-13,15,17-19H,4-11,14,16H2,1-3H3,(H2,31,32,33,34)/t18-,19+/m1/s1. The Labute approximate surface area is 242 Å². The van der Waals surface area contributed by atoms with Gasteiger partial charge >= 0.3 is 5.69 Å². The Morgan fingerprint density at radius 2 is 1.98 bits per heavy atom. The molecule has 14 heteroatoms. The van der Waals surface area contributed by atoms with Crippen LogP contribution in [-0.4, -0.2) is 78.6 Å². The van der Waals surface area contributed by atoms with Crippen molar-refractivity contribution in [2.75, 3.05) is 37.0 Å². The van der Waals surface area contributed by atoms with Crippen LogP contribution in [0, 0.1) is 17.6 Å². The Hall–Kier alpha value is -3.65. The Bertz CT molecular complexity index is 1490. The van der Waals surface area contributed by atoms with Crippen LogP contribution in [0.4, 0.5) is 26.2 Å². The zero-order valence-corrected chi connectivity index (χ0v) is 24.1. The van der Waals surface area contributed by atoms with E-state index < -0.39 is 17.3 Å². The molecule has 3 aliphatic rings. The molecule has 2 atom stereocenters. The Kier molecular flexibility index (Phi) is 7.83. The molecule has 0 saturated carbocycles. The first-order valence-corrected chi connectivity index (χ1v) is 14.5. The minimum atomic E-state index is -0.636. The van der Waals surface area contributed by atoms with Gasteiger partial charge in [0.25, 0.3) is 0 Å². The van der Waals surface area contributed by atoms with Gasteiger partial charge in [-0.2, -0.15) is 4.98 Å². The van der Waals surface area contributed by atoms with Crippen molar-refractivity contribution in [1.82, 2.24) is 34.7 Å². The molecule has 1 aromatic carbocycles. The van der Waals surface area contributed by atoms with Crippen molar-refractivity contribution in [2.24, 2.45) is 13.0 Å². The molecule has 0 aliphatic carbocycles. The fraction of sp³-hybridized carbons (Fsp3) is 0.607. The highest BCUT2D eigenvalue weighted by Crippen LogP contribution is 2.39. The quantitative estimate of drug-likeness (QED) is 0.407. The molecular formula is C28H37F2N9O3. The molecule has 226 valence electrons. The molecule has 12 nitrogen and oxygen atoms in total. The van der Waals surface area contributed by atoms with Gasteiger partial charge in [-0.05, 0) is 76.1 Å². The molecule has 0 spiro atoms. The normalized spacial score (nSPS) is 22.6. The second-order valence-electron chi connectivity index (χ2n) is 12.0. The van der Waals surface area contributed by atoms with Crippen LogP contribution in [0.2, 0.25) is 0 Å². The summed E-state index contributed by atoms with van der Waals surface area (Å²) in [7, 11) is 1.50. The number of nitrogens with one attached hydrogen (secondary N) is 2. The first-order valence-electron chi connectivity index (χ1n) is 14.5. The lowest BCUT2D eigenvalue weighted by atomic mass is 9.84. The van der Waals surface area contributed by atoms with E-state index in [1.165, 1.54) is 35.1 Å². The summed E-state index contributed by atoms with van der Waals surface area (Å²) in [4.78, 5) is 24.3. The highest BCUT2D eigenvalue weighted by atomic mass is 19.1. The first kappa shape index (κ1) is 28.5. The lowest BCUT2D eigenvalue weighted by Crippen LogP contribution is -2.55. The minimum absolute atomic E-state index is 0.00274. The maximum atomic E-state index is 15.4. The van der Waals surface area contributed by atoms with Crippen molar-refractivity contribution >= 4 is 17.5 Å². The lowest BCUT2D eigenvalue weighted by molar-refractivity contribution is 0.0496. The predicted octanol–water partition coefficient (Wildman–Crippen LogP) is 3.40. The van der Waals surface area contributed by atoms with Gasteiger partial charge in [-0.3, -0.25) is 4.90 Å². The summed E-state index contributed by atoms with van der Waals surface area (Å²) in [6, 6.07) is 3.17. The van der Waals surface area contributed by atoms with Gasteiger partial charge in [-0.1, -0.05) is 5.10 Å². The van der Waals surface area contributed by atoms with Gasteiger partial charge in [0.1, 0.15) is 11.4 Å². The van der Waals surface area contributed by atoms with Crippen molar-refractivity contribution < 1.29 is 18.3 Å². The van der Waals surface area contributed by atoms with Crippen LogP contribution in [0.5, 0.6) is 5.75 Å². The molecule has 3 fully saturated rings. The van der Waals surface area contributed by atoms with Crippen LogP contribution < -0.4 is 21.1 Å². The number of halogens is 2. The van der Waals surface area contributed by atoms with E-state index in [1.54, 1.807) is 0 Å². The molecule has 2 N–H and O–H groups in total.